The lowest BCUT2D eigenvalue weighted by atomic mass is 10.2. The molecule has 5 nitrogen and oxygen atoms in total. The molecule has 0 unspecified atom stereocenters. The van der Waals surface area contributed by atoms with Crippen LogP contribution >= 0.6 is 15.9 Å². The lowest BCUT2D eigenvalue weighted by molar-refractivity contribution is 0.414. The van der Waals surface area contributed by atoms with Crippen LogP contribution in [0.15, 0.2) is 40.0 Å². The second-order valence-electron chi connectivity index (χ2n) is 3.79. The first-order chi connectivity index (χ1) is 8.60. The minimum absolute atomic E-state index is 0.133. The topological polar surface area (TPSA) is 70.1 Å². The SMILES string of the molecule is COc1cc(N)cc(Cn2cncc(Br)c2=O)c1. The molecule has 1 aromatic heterocycles. The van der Waals surface area contributed by atoms with Gasteiger partial charge in [0.15, 0.2) is 0 Å². The predicted molar refractivity (Wildman–Crippen MR) is 72.7 cm³/mol. The molecule has 0 saturated heterocycles. The Kier molecular flexibility index (Phi) is 3.66. The van der Waals surface area contributed by atoms with E-state index in [-0.39, 0.29) is 5.56 Å². The molecule has 1 aromatic carbocycles. The Morgan fingerprint density at radius 1 is 1.44 bits per heavy atom. The quantitative estimate of drug-likeness (QED) is 0.875. The molecule has 0 bridgehead atoms. The number of nitrogens with zero attached hydrogens (tertiary/aromatic N) is 2. The van der Waals surface area contributed by atoms with Gasteiger partial charge in [0.05, 0.1) is 20.0 Å². The number of methoxy groups -OCH3 is 1. The normalized spacial score (nSPS) is 10.3. The second kappa shape index (κ2) is 5.22. The zero-order valence-corrected chi connectivity index (χ0v) is 11.3. The van der Waals surface area contributed by atoms with Crippen molar-refractivity contribution in [2.24, 2.45) is 0 Å². The smallest absolute Gasteiger partial charge is 0.267 e. The Balaban J connectivity index is 2.37. The highest BCUT2D eigenvalue weighted by molar-refractivity contribution is 9.10. The van der Waals surface area contributed by atoms with E-state index in [1.54, 1.807) is 19.2 Å². The van der Waals surface area contributed by atoms with Crippen molar-refractivity contribution in [2.45, 2.75) is 6.54 Å². The largest absolute Gasteiger partial charge is 0.497 e. The first-order valence-corrected chi connectivity index (χ1v) is 6.03. The summed E-state index contributed by atoms with van der Waals surface area (Å²) < 4.78 is 7.06. The number of ether oxygens (including phenoxy) is 1. The van der Waals surface area contributed by atoms with Crippen LogP contribution in [0.3, 0.4) is 0 Å². The van der Waals surface area contributed by atoms with Crippen molar-refractivity contribution in [1.29, 1.82) is 0 Å². The molecule has 18 heavy (non-hydrogen) atoms. The van der Waals surface area contributed by atoms with Gasteiger partial charge in [0.25, 0.3) is 5.56 Å². The minimum atomic E-state index is -0.133. The molecule has 2 N–H and O–H groups in total. The van der Waals surface area contributed by atoms with Gasteiger partial charge >= 0.3 is 0 Å². The second-order valence-corrected chi connectivity index (χ2v) is 4.64. The van der Waals surface area contributed by atoms with Gasteiger partial charge in [-0.05, 0) is 33.6 Å². The molecule has 0 amide bonds. The first-order valence-electron chi connectivity index (χ1n) is 5.23. The average molecular weight is 310 g/mol. The molecular weight excluding hydrogens is 298 g/mol. The van der Waals surface area contributed by atoms with Crippen LogP contribution in [-0.4, -0.2) is 16.7 Å². The van der Waals surface area contributed by atoms with E-state index < -0.39 is 0 Å². The van der Waals surface area contributed by atoms with E-state index in [4.69, 9.17) is 10.5 Å². The van der Waals surface area contributed by atoms with E-state index in [0.29, 0.717) is 22.5 Å². The fourth-order valence-corrected chi connectivity index (χ4v) is 1.97. The lowest BCUT2D eigenvalue weighted by Crippen LogP contribution is -2.21. The monoisotopic (exact) mass is 309 g/mol. The van der Waals surface area contributed by atoms with Gasteiger partial charge in [-0.3, -0.25) is 9.36 Å². The fraction of sp³-hybridized carbons (Fsp3) is 0.167. The number of halogens is 1. The Morgan fingerprint density at radius 2 is 2.22 bits per heavy atom. The summed E-state index contributed by atoms with van der Waals surface area (Å²) in [5.74, 6) is 0.668. The Labute approximate surface area is 112 Å². The van der Waals surface area contributed by atoms with Crippen LogP contribution < -0.4 is 16.0 Å². The summed E-state index contributed by atoms with van der Waals surface area (Å²) in [4.78, 5) is 15.8. The summed E-state index contributed by atoms with van der Waals surface area (Å²) in [5.41, 5.74) is 7.11. The van der Waals surface area contributed by atoms with Gasteiger partial charge in [-0.15, -0.1) is 0 Å². The Hall–Kier alpha value is -1.82. The van der Waals surface area contributed by atoms with Gasteiger partial charge in [-0.2, -0.15) is 0 Å². The molecule has 0 atom stereocenters. The summed E-state index contributed by atoms with van der Waals surface area (Å²) in [6, 6.07) is 5.37. The molecule has 6 heteroatoms. The molecule has 0 radical (unpaired) electrons. The van der Waals surface area contributed by atoms with E-state index in [9.17, 15) is 4.79 Å². The standard InChI is InChI=1S/C12H12BrN3O2/c1-18-10-3-8(2-9(14)4-10)6-16-7-15-5-11(13)12(16)17/h2-5,7H,6,14H2,1H3. The van der Waals surface area contributed by atoms with Gasteiger partial charge in [-0.25, -0.2) is 4.98 Å². The third kappa shape index (κ3) is 2.70. The zero-order valence-electron chi connectivity index (χ0n) is 9.76. The number of benzene rings is 1. The maximum atomic E-state index is 11.8. The zero-order chi connectivity index (χ0) is 13.1. The average Bonchev–Trinajstić information content (AvgIpc) is 2.34. The molecule has 2 aromatic rings. The van der Waals surface area contributed by atoms with Gasteiger partial charge in [0.1, 0.15) is 10.2 Å². The summed E-state index contributed by atoms with van der Waals surface area (Å²) in [6.45, 7) is 0.396. The van der Waals surface area contributed by atoms with Crippen molar-refractivity contribution in [2.75, 3.05) is 12.8 Å². The highest BCUT2D eigenvalue weighted by Crippen LogP contribution is 2.18. The summed E-state index contributed by atoms with van der Waals surface area (Å²) in [5, 5.41) is 0. The van der Waals surface area contributed by atoms with E-state index in [2.05, 4.69) is 20.9 Å². The van der Waals surface area contributed by atoms with Crippen molar-refractivity contribution >= 4 is 21.6 Å². The van der Waals surface area contributed by atoms with E-state index in [0.717, 1.165) is 5.56 Å². The molecule has 0 aliphatic rings. The summed E-state index contributed by atoms with van der Waals surface area (Å²) in [7, 11) is 1.57. The van der Waals surface area contributed by atoms with Crippen LogP contribution in [-0.2, 0) is 6.54 Å². The third-order valence-electron chi connectivity index (χ3n) is 2.44. The minimum Gasteiger partial charge on any atom is -0.497 e. The molecular formula is C12H12BrN3O2. The molecule has 2 rings (SSSR count). The van der Waals surface area contributed by atoms with Crippen LogP contribution in [0.1, 0.15) is 5.56 Å². The number of rotatable bonds is 3. The molecule has 0 saturated carbocycles. The van der Waals surface area contributed by atoms with Gasteiger partial charge in [-0.1, -0.05) is 0 Å². The number of hydrogen-bond donors (Lipinski definition) is 1. The predicted octanol–water partition coefficient (Wildman–Crippen LogP) is 1.64. The molecule has 94 valence electrons. The van der Waals surface area contributed by atoms with Crippen LogP contribution in [0.4, 0.5) is 5.69 Å². The number of anilines is 1. The van der Waals surface area contributed by atoms with Crippen LogP contribution in [0.5, 0.6) is 5.75 Å². The van der Waals surface area contributed by atoms with E-state index >= 15 is 0 Å². The molecule has 0 aliphatic carbocycles. The first kappa shape index (κ1) is 12.6. The van der Waals surface area contributed by atoms with Crippen LogP contribution in [0.2, 0.25) is 0 Å². The molecule has 0 spiro atoms. The Bertz CT molecular complexity index is 625. The van der Waals surface area contributed by atoms with E-state index in [1.807, 2.05) is 6.07 Å². The highest BCUT2D eigenvalue weighted by Gasteiger charge is 2.04. The molecule has 1 heterocycles. The maximum Gasteiger partial charge on any atom is 0.267 e. The number of hydrogen-bond acceptors (Lipinski definition) is 4. The summed E-state index contributed by atoms with van der Waals surface area (Å²) in [6.07, 6.45) is 2.96. The van der Waals surface area contributed by atoms with Crippen LogP contribution in [0.25, 0.3) is 0 Å². The van der Waals surface area contributed by atoms with Crippen molar-refractivity contribution in [3.8, 4) is 5.75 Å². The fourth-order valence-electron chi connectivity index (χ4n) is 1.63. The van der Waals surface area contributed by atoms with Crippen molar-refractivity contribution in [3.63, 3.8) is 0 Å². The van der Waals surface area contributed by atoms with Gasteiger partial charge in [0, 0.05) is 18.0 Å². The highest BCUT2D eigenvalue weighted by atomic mass is 79.9. The number of aromatic nitrogens is 2. The van der Waals surface area contributed by atoms with Crippen molar-refractivity contribution in [1.82, 2.24) is 9.55 Å². The summed E-state index contributed by atoms with van der Waals surface area (Å²) >= 11 is 3.16. The lowest BCUT2D eigenvalue weighted by Gasteiger charge is -2.08. The van der Waals surface area contributed by atoms with Gasteiger partial charge < -0.3 is 10.5 Å². The van der Waals surface area contributed by atoms with Crippen molar-refractivity contribution in [3.05, 3.63) is 51.1 Å². The van der Waals surface area contributed by atoms with E-state index in [1.165, 1.54) is 17.1 Å². The molecule has 0 aliphatic heterocycles. The third-order valence-corrected chi connectivity index (χ3v) is 2.98. The van der Waals surface area contributed by atoms with Crippen molar-refractivity contribution < 1.29 is 4.74 Å². The van der Waals surface area contributed by atoms with Crippen LogP contribution in [0, 0.1) is 0 Å². The molecule has 0 fully saturated rings. The number of nitrogens with two attached hydrogens (primary N) is 1. The van der Waals surface area contributed by atoms with Gasteiger partial charge in [0.2, 0.25) is 0 Å². The number of nitrogen functional groups attached to an aromatic ring is 1. The maximum absolute atomic E-state index is 11.8. The Morgan fingerprint density at radius 3 is 2.94 bits per heavy atom.